The van der Waals surface area contributed by atoms with Crippen LogP contribution in [0.1, 0.15) is 39.5 Å². The van der Waals surface area contributed by atoms with Gasteiger partial charge in [-0.3, -0.25) is 0 Å². The van der Waals surface area contributed by atoms with Crippen molar-refractivity contribution in [2.75, 3.05) is 0 Å². The van der Waals surface area contributed by atoms with Gasteiger partial charge in [-0.15, -0.1) is 0 Å². The number of rotatable bonds is 2. The van der Waals surface area contributed by atoms with E-state index in [2.05, 4.69) is 27.7 Å². The summed E-state index contributed by atoms with van der Waals surface area (Å²) in [4.78, 5) is 0. The first kappa shape index (κ1) is 22.5. The molecule has 0 bridgehead atoms. The molecule has 0 nitrogen and oxygen atoms in total. The molecule has 0 rings (SSSR count). The van der Waals surface area contributed by atoms with Gasteiger partial charge in [-0.2, -0.15) is 12.8 Å². The van der Waals surface area contributed by atoms with Gasteiger partial charge in [0.2, 0.25) is 0 Å². The van der Waals surface area contributed by atoms with Gasteiger partial charge >= 0.3 is 23.1 Å². The van der Waals surface area contributed by atoms with E-state index in [-0.39, 0.29) is 41.9 Å². The molecule has 0 unspecified atom stereocenters. The molecule has 0 N–H and O–H groups in total. The molecule has 10 heavy (non-hydrogen) atoms. The Hall–Kier alpha value is 1.36. The second-order valence-electron chi connectivity index (χ2n) is 1.71. The Morgan fingerprint density at radius 3 is 1.00 bits per heavy atom. The second-order valence-corrected chi connectivity index (χ2v) is 1.71. The molecular formula is C8H18LiMg. The Balaban J connectivity index is -0.0000000300. The van der Waals surface area contributed by atoms with E-state index in [4.69, 9.17) is 0 Å². The average Bonchev–Trinajstić information content (AvgIpc) is 1.88. The maximum atomic E-state index is 3.60. The molecule has 0 heterocycles. The molecule has 0 atom stereocenters. The molecule has 0 saturated heterocycles. The van der Waals surface area contributed by atoms with E-state index >= 15 is 0 Å². The third-order valence-electron chi connectivity index (χ3n) is 0.707. The molecular weight excluding hydrogens is 127 g/mol. The van der Waals surface area contributed by atoms with Gasteiger partial charge < -0.3 is 13.8 Å². The Morgan fingerprint density at radius 1 is 0.900 bits per heavy atom. The van der Waals surface area contributed by atoms with Gasteiger partial charge in [0.05, 0.1) is 0 Å². The van der Waals surface area contributed by atoms with Crippen LogP contribution in [0.25, 0.3) is 0 Å². The van der Waals surface area contributed by atoms with Crippen molar-refractivity contribution >= 4 is 41.9 Å². The van der Waals surface area contributed by atoms with E-state index in [0.29, 0.717) is 0 Å². The van der Waals surface area contributed by atoms with Gasteiger partial charge in [0.15, 0.2) is 0 Å². The summed E-state index contributed by atoms with van der Waals surface area (Å²) >= 11 is 0. The molecule has 0 aliphatic carbocycles. The molecule has 0 aliphatic rings. The van der Waals surface area contributed by atoms with Gasteiger partial charge in [-0.25, -0.2) is 0 Å². The van der Waals surface area contributed by atoms with Crippen LogP contribution in [0.4, 0.5) is 0 Å². The van der Waals surface area contributed by atoms with E-state index in [0.717, 1.165) is 12.8 Å². The molecule has 53 valence electrons. The van der Waals surface area contributed by atoms with Crippen molar-refractivity contribution in [1.82, 2.24) is 0 Å². The standard InChI is InChI=1S/2C4H9.Li.Mg/c2*1-3-4-2;;/h2*1,3-4H2,2H3;;/q2*-1;;+2. The predicted molar refractivity (Wildman–Crippen MR) is 52.0 cm³/mol. The summed E-state index contributed by atoms with van der Waals surface area (Å²) < 4.78 is 0. The first-order chi connectivity index (χ1) is 3.83. The van der Waals surface area contributed by atoms with Crippen LogP contribution in [0, 0.1) is 13.8 Å². The van der Waals surface area contributed by atoms with Crippen LogP contribution in [0.5, 0.6) is 0 Å². The van der Waals surface area contributed by atoms with Crippen LogP contribution in [-0.2, 0) is 0 Å². The van der Waals surface area contributed by atoms with E-state index in [9.17, 15) is 0 Å². The quantitative estimate of drug-likeness (QED) is 0.414. The Bertz CT molecular complexity index is 17.2. The van der Waals surface area contributed by atoms with Crippen molar-refractivity contribution in [3.8, 4) is 0 Å². The third kappa shape index (κ3) is 57.9. The fourth-order valence-electron chi connectivity index (χ4n) is 0. The minimum Gasteiger partial charge on any atom is -0.343 e. The summed E-state index contributed by atoms with van der Waals surface area (Å²) in [6.07, 6.45) is 4.56. The minimum absolute atomic E-state index is 0. The average molecular weight is 145 g/mol. The van der Waals surface area contributed by atoms with Crippen LogP contribution in [0.15, 0.2) is 0 Å². The van der Waals surface area contributed by atoms with Crippen molar-refractivity contribution in [3.05, 3.63) is 13.8 Å². The fourth-order valence-corrected chi connectivity index (χ4v) is 0. The zero-order valence-corrected chi connectivity index (χ0v) is 9.36. The topological polar surface area (TPSA) is 0 Å². The van der Waals surface area contributed by atoms with Crippen molar-refractivity contribution in [2.45, 2.75) is 39.5 Å². The van der Waals surface area contributed by atoms with Crippen LogP contribution in [0.2, 0.25) is 0 Å². The summed E-state index contributed by atoms with van der Waals surface area (Å²) in [7, 11) is 0. The van der Waals surface area contributed by atoms with Gasteiger partial charge in [-0.05, 0) is 0 Å². The molecule has 0 aromatic rings. The summed E-state index contributed by atoms with van der Waals surface area (Å²) in [5.74, 6) is 0. The van der Waals surface area contributed by atoms with Crippen molar-refractivity contribution in [2.24, 2.45) is 0 Å². The van der Waals surface area contributed by atoms with Crippen molar-refractivity contribution < 1.29 is 0 Å². The molecule has 0 amide bonds. The van der Waals surface area contributed by atoms with E-state index in [1.807, 2.05) is 0 Å². The summed E-state index contributed by atoms with van der Waals surface area (Å²) in [5.41, 5.74) is 0. The zero-order chi connectivity index (χ0) is 6.83. The largest absolute Gasteiger partial charge is 2.00 e. The maximum Gasteiger partial charge on any atom is 2.00 e. The fraction of sp³-hybridized carbons (Fsp3) is 0.750. The second kappa shape index (κ2) is 31.6. The molecule has 2 heteroatoms. The molecule has 0 saturated carbocycles. The number of hydrogen-bond donors (Lipinski definition) is 0. The van der Waals surface area contributed by atoms with Gasteiger partial charge in [-0.1, -0.05) is 26.7 Å². The monoisotopic (exact) mass is 145 g/mol. The first-order valence-electron chi connectivity index (χ1n) is 3.41. The Morgan fingerprint density at radius 2 is 1.00 bits per heavy atom. The van der Waals surface area contributed by atoms with E-state index < -0.39 is 0 Å². The van der Waals surface area contributed by atoms with Crippen LogP contribution < -0.4 is 0 Å². The zero-order valence-electron chi connectivity index (χ0n) is 7.95. The first-order valence-corrected chi connectivity index (χ1v) is 3.41. The normalized spacial score (nSPS) is 6.00. The van der Waals surface area contributed by atoms with Gasteiger partial charge in [0.1, 0.15) is 0 Å². The Kier molecular flexibility index (Phi) is 71.1. The third-order valence-corrected chi connectivity index (χ3v) is 0.707. The predicted octanol–water partition coefficient (Wildman–Crippen LogP) is 2.48. The Labute approximate surface area is 94.9 Å². The molecule has 0 fully saturated rings. The van der Waals surface area contributed by atoms with Crippen LogP contribution in [-0.4, -0.2) is 41.9 Å². The maximum absolute atomic E-state index is 3.60. The molecule has 0 aliphatic heterocycles. The van der Waals surface area contributed by atoms with Crippen LogP contribution >= 0.6 is 0 Å². The van der Waals surface area contributed by atoms with Gasteiger partial charge in [0, 0.05) is 18.9 Å². The van der Waals surface area contributed by atoms with Crippen molar-refractivity contribution in [1.29, 1.82) is 0 Å². The molecule has 1 radical (unpaired) electrons. The minimum atomic E-state index is 0. The summed E-state index contributed by atoms with van der Waals surface area (Å²) in [6.45, 7) is 11.4. The van der Waals surface area contributed by atoms with Gasteiger partial charge in [0.25, 0.3) is 0 Å². The number of hydrogen-bond acceptors (Lipinski definition) is 0. The van der Waals surface area contributed by atoms with Crippen LogP contribution in [0.3, 0.4) is 0 Å². The van der Waals surface area contributed by atoms with E-state index in [1.54, 1.807) is 0 Å². The molecule has 0 aromatic carbocycles. The summed E-state index contributed by atoms with van der Waals surface area (Å²) in [6, 6.07) is 0. The molecule has 0 spiro atoms. The van der Waals surface area contributed by atoms with E-state index in [1.165, 1.54) is 12.8 Å². The van der Waals surface area contributed by atoms with Crippen molar-refractivity contribution in [3.63, 3.8) is 0 Å². The smallest absolute Gasteiger partial charge is 0.343 e. The SMILES string of the molecule is [CH2-]CCC.[CH2-]CCC.[Li].[Mg+2]. The number of unbranched alkanes of at least 4 members (excludes halogenated alkanes) is 2. The summed E-state index contributed by atoms with van der Waals surface area (Å²) in [5, 5.41) is 0. The molecule has 0 aromatic heterocycles.